The molecular weight excluding hydrogens is 374 g/mol. The van der Waals surface area contributed by atoms with Crippen LogP contribution >= 0.6 is 0 Å². The molecule has 0 spiro atoms. The van der Waals surface area contributed by atoms with Crippen molar-refractivity contribution in [3.05, 3.63) is 48.0 Å². The van der Waals surface area contributed by atoms with Crippen molar-refractivity contribution in [2.75, 3.05) is 31.1 Å². The van der Waals surface area contributed by atoms with Crippen molar-refractivity contribution >= 4 is 27.6 Å². The lowest BCUT2D eigenvalue weighted by Crippen LogP contribution is -2.30. The van der Waals surface area contributed by atoms with Crippen LogP contribution < -0.4 is 4.90 Å². The van der Waals surface area contributed by atoms with Crippen LogP contribution in [0.4, 0.5) is 11.4 Å². The number of hydrogen-bond acceptors (Lipinski definition) is 5. The van der Waals surface area contributed by atoms with Crippen molar-refractivity contribution in [2.24, 2.45) is 4.99 Å². The molecule has 7 heteroatoms. The fraction of sp³-hybridized carbons (Fsp3) is 0.381. The molecule has 1 fully saturated rings. The largest absolute Gasteiger partial charge is 0.507 e. The van der Waals surface area contributed by atoms with Crippen molar-refractivity contribution in [3.63, 3.8) is 0 Å². The molecule has 1 saturated heterocycles. The first kappa shape index (κ1) is 20.4. The Morgan fingerprint density at radius 3 is 2.43 bits per heavy atom. The highest BCUT2D eigenvalue weighted by molar-refractivity contribution is 7.89. The maximum atomic E-state index is 12.9. The standard InChI is InChI=1S/C21H27N3O3S/c1-3-24(4-2)28(26,27)18-11-12-20(23-13-7-8-14-23)19(15-18)22-16-17-9-5-6-10-21(17)25/h5-6,9-12,15-16,25H,3-4,7-8,13-14H2,1-2H3. The zero-order valence-electron chi connectivity index (χ0n) is 16.4. The summed E-state index contributed by atoms with van der Waals surface area (Å²) in [6.07, 6.45) is 3.81. The summed E-state index contributed by atoms with van der Waals surface area (Å²) in [5.74, 6) is 0.140. The summed E-state index contributed by atoms with van der Waals surface area (Å²) in [7, 11) is -3.56. The van der Waals surface area contributed by atoms with Crippen LogP contribution in [0.15, 0.2) is 52.4 Å². The minimum Gasteiger partial charge on any atom is -0.507 e. The van der Waals surface area contributed by atoms with E-state index in [2.05, 4.69) is 9.89 Å². The second-order valence-electron chi connectivity index (χ2n) is 6.75. The highest BCUT2D eigenvalue weighted by Gasteiger charge is 2.24. The Labute approximate surface area is 167 Å². The number of anilines is 1. The van der Waals surface area contributed by atoms with Crippen LogP contribution in [0.1, 0.15) is 32.3 Å². The zero-order chi connectivity index (χ0) is 20.1. The summed E-state index contributed by atoms with van der Waals surface area (Å²) in [6, 6.07) is 12.1. The van der Waals surface area contributed by atoms with Crippen molar-refractivity contribution in [2.45, 2.75) is 31.6 Å². The van der Waals surface area contributed by atoms with Gasteiger partial charge in [-0.25, -0.2) is 8.42 Å². The van der Waals surface area contributed by atoms with E-state index in [1.165, 1.54) is 4.31 Å². The van der Waals surface area contributed by atoms with E-state index in [0.29, 0.717) is 24.3 Å². The van der Waals surface area contributed by atoms with Gasteiger partial charge in [-0.1, -0.05) is 26.0 Å². The number of phenols is 1. The van der Waals surface area contributed by atoms with Crippen LogP contribution in [0.5, 0.6) is 5.75 Å². The third-order valence-corrected chi connectivity index (χ3v) is 7.06. The van der Waals surface area contributed by atoms with Gasteiger partial charge in [0, 0.05) is 38.0 Å². The summed E-state index contributed by atoms with van der Waals surface area (Å²) >= 11 is 0. The van der Waals surface area contributed by atoms with E-state index >= 15 is 0 Å². The first-order chi connectivity index (χ1) is 13.5. The van der Waals surface area contributed by atoms with E-state index < -0.39 is 10.0 Å². The van der Waals surface area contributed by atoms with Gasteiger partial charge in [-0.3, -0.25) is 4.99 Å². The van der Waals surface area contributed by atoms with E-state index in [0.717, 1.165) is 31.6 Å². The number of benzene rings is 2. The van der Waals surface area contributed by atoms with Gasteiger partial charge in [-0.2, -0.15) is 4.31 Å². The van der Waals surface area contributed by atoms with Crippen molar-refractivity contribution in [3.8, 4) is 5.75 Å². The molecule has 0 aliphatic carbocycles. The average Bonchev–Trinajstić information content (AvgIpc) is 3.22. The molecule has 28 heavy (non-hydrogen) atoms. The maximum absolute atomic E-state index is 12.9. The van der Waals surface area contributed by atoms with Gasteiger partial charge < -0.3 is 10.0 Å². The molecule has 150 valence electrons. The number of hydrogen-bond donors (Lipinski definition) is 1. The van der Waals surface area contributed by atoms with Crippen LogP contribution in [0.2, 0.25) is 0 Å². The normalized spacial score (nSPS) is 15.0. The van der Waals surface area contributed by atoms with Gasteiger partial charge in [0.1, 0.15) is 5.75 Å². The Kier molecular flexibility index (Phi) is 6.36. The van der Waals surface area contributed by atoms with Crippen LogP contribution in [0, 0.1) is 0 Å². The summed E-state index contributed by atoms with van der Waals surface area (Å²) < 4.78 is 27.3. The van der Waals surface area contributed by atoms with Crippen LogP contribution in [0.25, 0.3) is 0 Å². The highest BCUT2D eigenvalue weighted by Crippen LogP contribution is 2.34. The topological polar surface area (TPSA) is 73.2 Å². The van der Waals surface area contributed by atoms with Gasteiger partial charge >= 0.3 is 0 Å². The molecule has 1 aliphatic heterocycles. The fourth-order valence-electron chi connectivity index (χ4n) is 3.44. The van der Waals surface area contributed by atoms with Gasteiger partial charge in [-0.15, -0.1) is 0 Å². The maximum Gasteiger partial charge on any atom is 0.243 e. The Hall–Kier alpha value is -2.38. The van der Waals surface area contributed by atoms with Gasteiger partial charge in [0.25, 0.3) is 0 Å². The van der Waals surface area contributed by atoms with Crippen molar-refractivity contribution in [1.82, 2.24) is 4.31 Å². The van der Waals surface area contributed by atoms with E-state index in [4.69, 9.17) is 0 Å². The SMILES string of the molecule is CCN(CC)S(=O)(=O)c1ccc(N2CCCC2)c(N=Cc2ccccc2O)c1. The minimum absolute atomic E-state index is 0.140. The second-order valence-corrected chi connectivity index (χ2v) is 8.69. The van der Waals surface area contributed by atoms with E-state index in [-0.39, 0.29) is 10.6 Å². The molecule has 3 rings (SSSR count). The number of para-hydroxylation sites is 1. The third-order valence-electron chi connectivity index (χ3n) is 5.02. The molecule has 0 radical (unpaired) electrons. The Bertz CT molecular complexity index is 947. The average molecular weight is 402 g/mol. The molecule has 0 saturated carbocycles. The third kappa shape index (κ3) is 4.20. The highest BCUT2D eigenvalue weighted by atomic mass is 32.2. The van der Waals surface area contributed by atoms with E-state index in [1.807, 2.05) is 26.0 Å². The van der Waals surface area contributed by atoms with Gasteiger partial charge in [-0.05, 0) is 43.2 Å². The zero-order valence-corrected chi connectivity index (χ0v) is 17.2. The summed E-state index contributed by atoms with van der Waals surface area (Å²) in [6.45, 7) is 6.36. The van der Waals surface area contributed by atoms with E-state index in [9.17, 15) is 13.5 Å². The predicted molar refractivity (Wildman–Crippen MR) is 113 cm³/mol. The Balaban J connectivity index is 2.05. The smallest absolute Gasteiger partial charge is 0.243 e. The molecule has 2 aromatic rings. The molecule has 0 amide bonds. The number of nitrogens with zero attached hydrogens (tertiary/aromatic N) is 3. The Morgan fingerprint density at radius 2 is 1.79 bits per heavy atom. The van der Waals surface area contributed by atoms with E-state index in [1.54, 1.807) is 36.5 Å². The van der Waals surface area contributed by atoms with Gasteiger partial charge in [0.05, 0.1) is 16.3 Å². The molecule has 1 aliphatic rings. The summed E-state index contributed by atoms with van der Waals surface area (Å²) in [4.78, 5) is 7.02. The molecule has 1 heterocycles. The molecule has 0 atom stereocenters. The first-order valence-corrected chi connectivity index (χ1v) is 11.1. The predicted octanol–water partition coefficient (Wildman–Crippen LogP) is 3.77. The number of aliphatic imine (C=N–C) groups is 1. The van der Waals surface area contributed by atoms with Crippen molar-refractivity contribution < 1.29 is 13.5 Å². The molecule has 0 bridgehead atoms. The number of rotatable bonds is 7. The minimum atomic E-state index is -3.56. The van der Waals surface area contributed by atoms with Crippen LogP contribution in [0.3, 0.4) is 0 Å². The van der Waals surface area contributed by atoms with Gasteiger partial charge in [0.2, 0.25) is 10.0 Å². The second kappa shape index (κ2) is 8.75. The quantitative estimate of drug-likeness (QED) is 0.717. The van der Waals surface area contributed by atoms with Gasteiger partial charge in [0.15, 0.2) is 0 Å². The molecule has 1 N–H and O–H groups in total. The fourth-order valence-corrected chi connectivity index (χ4v) is 4.92. The monoisotopic (exact) mass is 401 g/mol. The lowest BCUT2D eigenvalue weighted by molar-refractivity contribution is 0.445. The molecular formula is C21H27N3O3S. The summed E-state index contributed by atoms with van der Waals surface area (Å²) in [5, 5.41) is 9.99. The molecule has 2 aromatic carbocycles. The number of aromatic hydroxyl groups is 1. The van der Waals surface area contributed by atoms with Crippen molar-refractivity contribution in [1.29, 1.82) is 0 Å². The first-order valence-electron chi connectivity index (χ1n) is 9.68. The number of sulfonamides is 1. The van der Waals surface area contributed by atoms with Crippen LogP contribution in [-0.2, 0) is 10.0 Å². The lowest BCUT2D eigenvalue weighted by Gasteiger charge is -2.22. The lowest BCUT2D eigenvalue weighted by atomic mass is 10.2. The molecule has 0 aromatic heterocycles. The van der Waals surface area contributed by atoms with Crippen LogP contribution in [-0.4, -0.2) is 50.2 Å². The number of phenolic OH excluding ortho intramolecular Hbond substituents is 1. The molecule has 6 nitrogen and oxygen atoms in total. The molecule has 0 unspecified atom stereocenters. The Morgan fingerprint density at radius 1 is 1.11 bits per heavy atom. The summed E-state index contributed by atoms with van der Waals surface area (Å²) in [5.41, 5.74) is 2.10.